The fourth-order valence-electron chi connectivity index (χ4n) is 3.91. The number of hydrogen-bond donors (Lipinski definition) is 1. The SMILES string of the molecule is CCCCCCCCCCCCc1cc2c(s1)NC(=S)CN=C2c1ccccc1Cl. The molecule has 0 saturated carbocycles. The van der Waals surface area contributed by atoms with Crippen LogP contribution in [-0.2, 0) is 6.42 Å². The highest BCUT2D eigenvalue weighted by molar-refractivity contribution is 7.80. The lowest BCUT2D eigenvalue weighted by molar-refractivity contribution is 0.557. The van der Waals surface area contributed by atoms with Gasteiger partial charge in [0, 0.05) is 21.0 Å². The first-order valence-electron chi connectivity index (χ1n) is 11.4. The molecule has 1 N–H and O–H groups in total. The van der Waals surface area contributed by atoms with Crippen LogP contribution in [0.25, 0.3) is 0 Å². The molecule has 1 aliphatic rings. The van der Waals surface area contributed by atoms with Crippen LogP contribution in [0.4, 0.5) is 5.00 Å². The molecule has 3 rings (SSSR count). The predicted octanol–water partition coefficient (Wildman–Crippen LogP) is 8.46. The van der Waals surface area contributed by atoms with E-state index in [0.29, 0.717) is 6.54 Å². The monoisotopic (exact) mass is 460 g/mol. The van der Waals surface area contributed by atoms with E-state index < -0.39 is 0 Å². The molecule has 162 valence electrons. The molecule has 1 aliphatic heterocycles. The topological polar surface area (TPSA) is 24.4 Å². The average Bonchev–Trinajstić information content (AvgIpc) is 3.06. The van der Waals surface area contributed by atoms with Crippen molar-refractivity contribution in [2.45, 2.75) is 77.6 Å². The van der Waals surface area contributed by atoms with Crippen molar-refractivity contribution >= 4 is 50.9 Å². The Bertz CT molecular complexity index is 857. The minimum Gasteiger partial charge on any atom is -0.340 e. The molecule has 2 aromatic rings. The number of aryl methyl sites for hydroxylation is 1. The van der Waals surface area contributed by atoms with Crippen LogP contribution in [0.3, 0.4) is 0 Å². The zero-order valence-corrected chi connectivity index (χ0v) is 20.4. The van der Waals surface area contributed by atoms with Crippen LogP contribution in [-0.4, -0.2) is 17.2 Å². The second-order valence-corrected chi connectivity index (χ2v) is 10.1. The van der Waals surface area contributed by atoms with E-state index >= 15 is 0 Å². The molecule has 1 aromatic carbocycles. The first kappa shape index (κ1) is 23.4. The summed E-state index contributed by atoms with van der Waals surface area (Å²) in [6, 6.07) is 10.2. The second-order valence-electron chi connectivity index (χ2n) is 8.08. The van der Waals surface area contributed by atoms with E-state index in [1.54, 1.807) is 0 Å². The van der Waals surface area contributed by atoms with Gasteiger partial charge in [0.05, 0.1) is 12.3 Å². The molecule has 30 heavy (non-hydrogen) atoms. The first-order valence-corrected chi connectivity index (χ1v) is 13.0. The number of thiocarbonyl (C=S) groups is 1. The Morgan fingerprint density at radius 2 is 1.63 bits per heavy atom. The van der Waals surface area contributed by atoms with Crippen molar-refractivity contribution in [1.29, 1.82) is 0 Å². The lowest BCUT2D eigenvalue weighted by atomic mass is 10.0. The van der Waals surface area contributed by atoms with Crippen molar-refractivity contribution in [2.75, 3.05) is 11.9 Å². The summed E-state index contributed by atoms with van der Waals surface area (Å²) in [5.41, 5.74) is 3.07. The van der Waals surface area contributed by atoms with Gasteiger partial charge in [-0.15, -0.1) is 11.3 Å². The molecule has 2 heterocycles. The number of halogens is 1. The maximum absolute atomic E-state index is 6.47. The summed E-state index contributed by atoms with van der Waals surface area (Å²) in [7, 11) is 0. The van der Waals surface area contributed by atoms with Crippen molar-refractivity contribution < 1.29 is 0 Å². The lowest BCUT2D eigenvalue weighted by Gasteiger charge is -2.07. The summed E-state index contributed by atoms with van der Waals surface area (Å²) in [6.45, 7) is 2.78. The van der Waals surface area contributed by atoms with Crippen LogP contribution < -0.4 is 5.32 Å². The van der Waals surface area contributed by atoms with E-state index in [1.807, 2.05) is 35.6 Å². The number of unbranched alkanes of at least 4 members (excludes halogenated alkanes) is 9. The number of anilines is 1. The van der Waals surface area contributed by atoms with Gasteiger partial charge < -0.3 is 5.32 Å². The van der Waals surface area contributed by atoms with Crippen molar-refractivity contribution in [1.82, 2.24) is 0 Å². The van der Waals surface area contributed by atoms with Crippen molar-refractivity contribution in [3.05, 3.63) is 51.4 Å². The van der Waals surface area contributed by atoms with Crippen LogP contribution in [0.5, 0.6) is 0 Å². The highest BCUT2D eigenvalue weighted by Crippen LogP contribution is 2.34. The summed E-state index contributed by atoms with van der Waals surface area (Å²) in [4.78, 5) is 6.95. The fraction of sp³-hybridized carbons (Fsp3) is 0.520. The highest BCUT2D eigenvalue weighted by atomic mass is 35.5. The Kier molecular flexibility index (Phi) is 9.83. The van der Waals surface area contributed by atoms with Gasteiger partial charge in [0.1, 0.15) is 9.99 Å². The van der Waals surface area contributed by atoms with Crippen molar-refractivity contribution in [3.8, 4) is 0 Å². The van der Waals surface area contributed by atoms with Crippen LogP contribution in [0.15, 0.2) is 35.3 Å². The van der Waals surface area contributed by atoms with Crippen molar-refractivity contribution in [2.24, 2.45) is 4.99 Å². The number of nitrogens with zero attached hydrogens (tertiary/aromatic N) is 1. The summed E-state index contributed by atoms with van der Waals surface area (Å²) in [5, 5.41) is 5.24. The third kappa shape index (κ3) is 6.90. The molecule has 0 bridgehead atoms. The van der Waals surface area contributed by atoms with E-state index in [0.717, 1.165) is 38.3 Å². The van der Waals surface area contributed by atoms with E-state index in [9.17, 15) is 0 Å². The largest absolute Gasteiger partial charge is 0.340 e. The Morgan fingerprint density at radius 1 is 0.967 bits per heavy atom. The number of rotatable bonds is 12. The predicted molar refractivity (Wildman–Crippen MR) is 138 cm³/mol. The summed E-state index contributed by atoms with van der Waals surface area (Å²) in [6.07, 6.45) is 14.8. The zero-order chi connectivity index (χ0) is 21.2. The molecular weight excluding hydrogens is 428 g/mol. The van der Waals surface area contributed by atoms with Crippen molar-refractivity contribution in [3.63, 3.8) is 0 Å². The minimum absolute atomic E-state index is 0.505. The maximum atomic E-state index is 6.47. The van der Waals surface area contributed by atoms with Crippen LogP contribution in [0.2, 0.25) is 5.02 Å². The van der Waals surface area contributed by atoms with Gasteiger partial charge in [0.2, 0.25) is 0 Å². The molecule has 0 fully saturated rings. The third-order valence-corrected chi connectivity index (χ3v) is 7.25. The van der Waals surface area contributed by atoms with Gasteiger partial charge in [-0.05, 0) is 25.0 Å². The average molecular weight is 461 g/mol. The Hall–Kier alpha value is -1.23. The Labute approximate surface area is 196 Å². The quantitative estimate of drug-likeness (QED) is 0.253. The third-order valence-electron chi connectivity index (χ3n) is 5.58. The number of fused-ring (bicyclic) bond motifs is 1. The molecule has 0 spiro atoms. The number of nitrogens with one attached hydrogen (secondary N) is 1. The van der Waals surface area contributed by atoms with E-state index in [4.69, 9.17) is 28.8 Å². The maximum Gasteiger partial charge on any atom is 0.103 e. The zero-order valence-electron chi connectivity index (χ0n) is 18.0. The summed E-state index contributed by atoms with van der Waals surface area (Å²) >= 11 is 13.7. The molecule has 1 aromatic heterocycles. The number of aliphatic imine (C=N–C) groups is 1. The molecule has 5 heteroatoms. The number of thiophene rings is 1. The standard InChI is InChI=1S/C25H33ClN2S2/c1-2-3-4-5-6-7-8-9-10-11-14-19-17-21-24(20-15-12-13-16-22(20)26)27-18-23(29)28-25(21)30-19/h12-13,15-17H,2-11,14,18H2,1H3,(H,28,29). The molecular formula is C25H33ClN2S2. The molecule has 0 radical (unpaired) electrons. The molecule has 0 saturated heterocycles. The van der Waals surface area contributed by atoms with Gasteiger partial charge in [-0.2, -0.15) is 0 Å². The van der Waals surface area contributed by atoms with E-state index in [2.05, 4.69) is 18.3 Å². The van der Waals surface area contributed by atoms with E-state index in [1.165, 1.54) is 69.1 Å². The number of benzene rings is 1. The van der Waals surface area contributed by atoms with Crippen LogP contribution >= 0.6 is 35.2 Å². The number of hydrogen-bond acceptors (Lipinski definition) is 3. The van der Waals surface area contributed by atoms with Gasteiger partial charge in [-0.3, -0.25) is 4.99 Å². The highest BCUT2D eigenvalue weighted by Gasteiger charge is 2.21. The second kappa shape index (κ2) is 12.6. The summed E-state index contributed by atoms with van der Waals surface area (Å²) in [5.74, 6) is 0. The van der Waals surface area contributed by atoms with Gasteiger partial charge in [0.25, 0.3) is 0 Å². The fourth-order valence-corrected chi connectivity index (χ4v) is 5.49. The lowest BCUT2D eigenvalue weighted by Crippen LogP contribution is -2.09. The van der Waals surface area contributed by atoms with Gasteiger partial charge in [-0.1, -0.05) is 107 Å². The first-order chi connectivity index (χ1) is 14.7. The molecule has 0 aliphatic carbocycles. The smallest absolute Gasteiger partial charge is 0.103 e. The molecule has 0 amide bonds. The van der Waals surface area contributed by atoms with Gasteiger partial charge in [0.15, 0.2) is 0 Å². The normalized spacial score (nSPS) is 13.5. The molecule has 2 nitrogen and oxygen atoms in total. The molecule has 0 unspecified atom stereocenters. The Balaban J connectivity index is 1.52. The summed E-state index contributed by atoms with van der Waals surface area (Å²) < 4.78 is 0. The van der Waals surface area contributed by atoms with Crippen LogP contribution in [0.1, 0.15) is 87.1 Å². The molecule has 0 atom stereocenters. The van der Waals surface area contributed by atoms with Gasteiger partial charge in [-0.25, -0.2) is 0 Å². The Morgan fingerprint density at radius 3 is 2.33 bits per heavy atom. The van der Waals surface area contributed by atoms with E-state index in [-0.39, 0.29) is 0 Å². The van der Waals surface area contributed by atoms with Crippen LogP contribution in [0, 0.1) is 0 Å². The minimum atomic E-state index is 0.505. The van der Waals surface area contributed by atoms with Gasteiger partial charge >= 0.3 is 0 Å².